The molecule has 0 bridgehead atoms. The van der Waals surface area contributed by atoms with Crippen molar-refractivity contribution in [2.24, 2.45) is 5.41 Å². The maximum atomic E-state index is 5.72. The molecule has 0 nitrogen and oxygen atoms in total. The van der Waals surface area contributed by atoms with Gasteiger partial charge in [0.05, 0.1) is 0 Å². The van der Waals surface area contributed by atoms with E-state index in [-0.39, 0.29) is 5.41 Å². The van der Waals surface area contributed by atoms with Crippen LogP contribution in [0.2, 0.25) is 5.02 Å². The van der Waals surface area contributed by atoms with Gasteiger partial charge in [-0.05, 0) is 52.0 Å². The number of hydrogen-bond acceptors (Lipinski definition) is 0. The van der Waals surface area contributed by atoms with Crippen LogP contribution in [-0.4, -0.2) is 0 Å². The summed E-state index contributed by atoms with van der Waals surface area (Å²) < 4.78 is 0. The Bertz CT molecular complexity index is 620. The first-order valence-corrected chi connectivity index (χ1v) is 11.6. The van der Waals surface area contributed by atoms with Crippen molar-refractivity contribution in [3.8, 4) is 0 Å². The molecule has 2 aromatic rings. The normalized spacial score (nSPS) is 10.7. The van der Waals surface area contributed by atoms with E-state index < -0.39 is 0 Å². The maximum absolute atomic E-state index is 5.72. The number of hydrogen-bond donors (Lipinski definition) is 0. The van der Waals surface area contributed by atoms with E-state index in [9.17, 15) is 0 Å². The molecule has 0 aliphatic rings. The third kappa shape index (κ3) is 14.4. The van der Waals surface area contributed by atoms with Crippen molar-refractivity contribution in [2.75, 3.05) is 0 Å². The molecule has 0 radical (unpaired) electrons. The Morgan fingerprint density at radius 2 is 1.10 bits per heavy atom. The minimum atomic E-state index is 0.264. The average molecular weight is 419 g/mol. The monoisotopic (exact) mass is 418 g/mol. The largest absolute Gasteiger partial charge is 0.0843 e. The van der Waals surface area contributed by atoms with E-state index >= 15 is 0 Å². The summed E-state index contributed by atoms with van der Waals surface area (Å²) in [6.07, 6.45) is 1.15. The van der Waals surface area contributed by atoms with E-state index in [2.05, 4.69) is 91.8 Å². The van der Waals surface area contributed by atoms with Gasteiger partial charge in [0.25, 0.3) is 0 Å². The third-order valence-electron chi connectivity index (χ3n) is 4.09. The lowest BCUT2D eigenvalue weighted by Crippen LogP contribution is -2.12. The molecule has 29 heavy (non-hydrogen) atoms. The SMILES string of the molecule is CC.CC.CC(C)(C)Cc1ccc(C(C)(C)C)cc1.CC(C)c1ccc(Cl)cc1. The molecule has 0 heterocycles. The fourth-order valence-electron chi connectivity index (χ4n) is 2.58. The van der Waals surface area contributed by atoms with Gasteiger partial charge in [0.2, 0.25) is 0 Å². The van der Waals surface area contributed by atoms with E-state index in [1.54, 1.807) is 0 Å². The van der Waals surface area contributed by atoms with Crippen LogP contribution < -0.4 is 0 Å². The number of benzene rings is 2. The fraction of sp³-hybridized carbons (Fsp3) is 0.571. The Hall–Kier alpha value is -1.27. The maximum Gasteiger partial charge on any atom is 0.0406 e. The first-order chi connectivity index (χ1) is 13.4. The second-order valence-corrected chi connectivity index (χ2v) is 9.83. The van der Waals surface area contributed by atoms with E-state index in [4.69, 9.17) is 11.6 Å². The van der Waals surface area contributed by atoms with Gasteiger partial charge in [-0.3, -0.25) is 0 Å². The van der Waals surface area contributed by atoms with E-state index in [1.807, 2.05) is 39.8 Å². The van der Waals surface area contributed by atoms with Gasteiger partial charge in [0.1, 0.15) is 0 Å². The van der Waals surface area contributed by atoms with Crippen LogP contribution in [0.5, 0.6) is 0 Å². The van der Waals surface area contributed by atoms with Crippen molar-refractivity contribution in [3.63, 3.8) is 0 Å². The van der Waals surface area contributed by atoms with Gasteiger partial charge in [-0.1, -0.05) is 131 Å². The summed E-state index contributed by atoms with van der Waals surface area (Å²) in [6, 6.07) is 17.0. The Balaban J connectivity index is 0. The van der Waals surface area contributed by atoms with E-state index in [1.165, 1.54) is 16.7 Å². The molecular formula is C28H47Cl. The van der Waals surface area contributed by atoms with Gasteiger partial charge in [-0.15, -0.1) is 0 Å². The van der Waals surface area contributed by atoms with Crippen LogP contribution >= 0.6 is 11.6 Å². The highest BCUT2D eigenvalue weighted by Crippen LogP contribution is 2.25. The Morgan fingerprint density at radius 1 is 0.690 bits per heavy atom. The third-order valence-corrected chi connectivity index (χ3v) is 4.34. The summed E-state index contributed by atoms with van der Waals surface area (Å²) >= 11 is 5.72. The van der Waals surface area contributed by atoms with Crippen LogP contribution in [0.15, 0.2) is 48.5 Å². The quantitative estimate of drug-likeness (QED) is 0.454. The topological polar surface area (TPSA) is 0 Å². The summed E-state index contributed by atoms with van der Waals surface area (Å²) in [5, 5.41) is 0.810. The van der Waals surface area contributed by atoms with Gasteiger partial charge in [-0.2, -0.15) is 0 Å². The number of rotatable bonds is 2. The van der Waals surface area contributed by atoms with Gasteiger partial charge < -0.3 is 0 Å². The molecule has 166 valence electrons. The molecular weight excluding hydrogens is 372 g/mol. The lowest BCUT2D eigenvalue weighted by Gasteiger charge is -2.21. The minimum Gasteiger partial charge on any atom is -0.0843 e. The van der Waals surface area contributed by atoms with Crippen molar-refractivity contribution < 1.29 is 0 Å². The van der Waals surface area contributed by atoms with Gasteiger partial charge in [0.15, 0.2) is 0 Å². The molecule has 0 aliphatic carbocycles. The summed E-state index contributed by atoms with van der Waals surface area (Å²) in [5.74, 6) is 0.595. The van der Waals surface area contributed by atoms with Crippen molar-refractivity contribution in [3.05, 3.63) is 70.2 Å². The van der Waals surface area contributed by atoms with Crippen molar-refractivity contribution in [1.29, 1.82) is 0 Å². The molecule has 2 rings (SSSR count). The van der Waals surface area contributed by atoms with E-state index in [0.717, 1.165) is 11.4 Å². The van der Waals surface area contributed by atoms with Crippen LogP contribution in [0.1, 0.15) is 106 Å². The molecule has 0 fully saturated rings. The van der Waals surface area contributed by atoms with Crippen LogP contribution in [0.25, 0.3) is 0 Å². The molecule has 1 heteroatoms. The van der Waals surface area contributed by atoms with Gasteiger partial charge in [0, 0.05) is 5.02 Å². The van der Waals surface area contributed by atoms with Crippen molar-refractivity contribution >= 4 is 11.6 Å². The minimum absolute atomic E-state index is 0.264. The molecule has 0 atom stereocenters. The first-order valence-electron chi connectivity index (χ1n) is 11.2. The predicted octanol–water partition coefficient (Wildman–Crippen LogP) is 10.1. The molecule has 0 aliphatic heterocycles. The van der Waals surface area contributed by atoms with Crippen LogP contribution in [0.3, 0.4) is 0 Å². The first kappa shape index (κ1) is 29.9. The Kier molecular flexibility index (Phi) is 15.1. The van der Waals surface area contributed by atoms with Gasteiger partial charge in [-0.25, -0.2) is 0 Å². The van der Waals surface area contributed by atoms with Gasteiger partial charge >= 0.3 is 0 Å². The summed E-state index contributed by atoms with van der Waals surface area (Å²) in [5.41, 5.74) is 4.84. The molecule has 2 aromatic carbocycles. The number of halogens is 1. The van der Waals surface area contributed by atoms with Crippen molar-refractivity contribution in [2.45, 2.75) is 101 Å². The second kappa shape index (κ2) is 14.7. The molecule has 0 unspecified atom stereocenters. The zero-order chi connectivity index (χ0) is 23.3. The van der Waals surface area contributed by atoms with E-state index in [0.29, 0.717) is 11.3 Å². The molecule has 0 amide bonds. The molecule has 0 spiro atoms. The zero-order valence-electron chi connectivity index (χ0n) is 21.3. The average Bonchev–Trinajstić information content (AvgIpc) is 2.64. The second-order valence-electron chi connectivity index (χ2n) is 9.39. The summed E-state index contributed by atoms with van der Waals surface area (Å²) in [6.45, 7) is 26.0. The summed E-state index contributed by atoms with van der Waals surface area (Å²) in [4.78, 5) is 0. The highest BCUT2D eigenvalue weighted by molar-refractivity contribution is 6.30. The molecule has 0 saturated carbocycles. The highest BCUT2D eigenvalue weighted by Gasteiger charge is 2.14. The standard InChI is InChI=1S/C15H24.C9H11Cl.2C2H6/c1-14(2,3)11-12-7-9-13(10-8-12)15(4,5)6;1-7(2)8-3-5-9(10)6-4-8;2*1-2/h7-10H,11H2,1-6H3;3-7H,1-2H3;2*1-2H3. The smallest absolute Gasteiger partial charge is 0.0406 e. The zero-order valence-corrected chi connectivity index (χ0v) is 22.0. The molecule has 0 aromatic heterocycles. The van der Waals surface area contributed by atoms with Crippen molar-refractivity contribution in [1.82, 2.24) is 0 Å². The fourth-order valence-corrected chi connectivity index (χ4v) is 2.71. The Labute approximate surface area is 188 Å². The lowest BCUT2D eigenvalue weighted by atomic mass is 9.84. The van der Waals surface area contributed by atoms with Crippen LogP contribution in [-0.2, 0) is 11.8 Å². The summed E-state index contributed by atoms with van der Waals surface area (Å²) in [7, 11) is 0. The van der Waals surface area contributed by atoms with Crippen LogP contribution in [0.4, 0.5) is 0 Å². The lowest BCUT2D eigenvalue weighted by molar-refractivity contribution is 0.411. The Morgan fingerprint density at radius 3 is 1.41 bits per heavy atom. The van der Waals surface area contributed by atoms with Crippen LogP contribution in [0, 0.1) is 5.41 Å². The molecule has 0 saturated heterocycles. The molecule has 0 N–H and O–H groups in total. The highest BCUT2D eigenvalue weighted by atomic mass is 35.5. The predicted molar refractivity (Wildman–Crippen MR) is 137 cm³/mol.